The molecule has 1 aliphatic heterocycles. The summed E-state index contributed by atoms with van der Waals surface area (Å²) in [7, 11) is 0. The van der Waals surface area contributed by atoms with Gasteiger partial charge in [-0.1, -0.05) is 91.0 Å². The highest BCUT2D eigenvalue weighted by Crippen LogP contribution is 2.29. The number of esters is 1. The van der Waals surface area contributed by atoms with E-state index in [0.29, 0.717) is 6.61 Å². The van der Waals surface area contributed by atoms with Gasteiger partial charge in [0.05, 0.1) is 26.4 Å². The summed E-state index contributed by atoms with van der Waals surface area (Å²) in [4.78, 5) is 11.9. The van der Waals surface area contributed by atoms with Crippen LogP contribution in [-0.2, 0) is 48.3 Å². The summed E-state index contributed by atoms with van der Waals surface area (Å²) in [5, 5.41) is 10.8. The lowest BCUT2D eigenvalue weighted by Crippen LogP contribution is -2.61. The molecule has 2 unspecified atom stereocenters. The van der Waals surface area contributed by atoms with Crippen LogP contribution in [0.1, 0.15) is 23.6 Å². The zero-order chi connectivity index (χ0) is 25.2. The number of hydrogen-bond acceptors (Lipinski definition) is 7. The van der Waals surface area contributed by atoms with Gasteiger partial charge in [-0.2, -0.15) is 0 Å². The maximum absolute atomic E-state index is 11.9. The summed E-state index contributed by atoms with van der Waals surface area (Å²) in [5.74, 6) is -0.545. The van der Waals surface area contributed by atoms with Crippen molar-refractivity contribution < 1.29 is 33.6 Å². The predicted octanol–water partition coefficient (Wildman–Crippen LogP) is 4.02. The van der Waals surface area contributed by atoms with Gasteiger partial charge in [-0.15, -0.1) is 0 Å². The van der Waals surface area contributed by atoms with E-state index in [1.807, 2.05) is 91.0 Å². The lowest BCUT2D eigenvalue weighted by molar-refractivity contribution is -0.309. The van der Waals surface area contributed by atoms with Crippen LogP contribution in [0, 0.1) is 0 Å². The van der Waals surface area contributed by atoms with Gasteiger partial charge in [0.15, 0.2) is 12.4 Å². The van der Waals surface area contributed by atoms with Gasteiger partial charge in [-0.25, -0.2) is 0 Å². The molecule has 1 heterocycles. The largest absolute Gasteiger partial charge is 0.454 e. The number of aliphatic hydroxyl groups excluding tert-OH is 1. The first-order valence-corrected chi connectivity index (χ1v) is 12.0. The Morgan fingerprint density at radius 1 is 0.722 bits per heavy atom. The van der Waals surface area contributed by atoms with Crippen molar-refractivity contribution in [2.45, 2.75) is 57.5 Å². The van der Waals surface area contributed by atoms with Crippen LogP contribution in [0.2, 0.25) is 0 Å². The molecule has 0 amide bonds. The van der Waals surface area contributed by atoms with Crippen LogP contribution < -0.4 is 0 Å². The first-order valence-electron chi connectivity index (χ1n) is 12.0. The van der Waals surface area contributed by atoms with Crippen molar-refractivity contribution in [3.63, 3.8) is 0 Å². The third-order valence-corrected chi connectivity index (χ3v) is 5.88. The van der Waals surface area contributed by atoms with Gasteiger partial charge in [0.2, 0.25) is 0 Å². The van der Waals surface area contributed by atoms with E-state index in [-0.39, 0.29) is 19.8 Å². The molecule has 7 nitrogen and oxygen atoms in total. The van der Waals surface area contributed by atoms with E-state index in [2.05, 4.69) is 0 Å². The Morgan fingerprint density at radius 2 is 1.19 bits per heavy atom. The molecule has 1 saturated heterocycles. The molecule has 0 bridgehead atoms. The standard InChI is InChI=1S/C29H32O7/c1-21(30)35-28-27(34-19-24-15-9-4-10-16-24)26(33-18-23-13-7-3-8-14-23)25(36-29(28)31)20-32-17-22-11-5-2-6-12-22/h2-16,25-29,31H,17-20H2,1H3/t25?,26-,27+,28?,29-/m0/s1. The molecule has 0 aromatic heterocycles. The van der Waals surface area contributed by atoms with E-state index in [1.54, 1.807) is 0 Å². The van der Waals surface area contributed by atoms with Crippen molar-refractivity contribution in [2.24, 2.45) is 0 Å². The van der Waals surface area contributed by atoms with Crippen LogP contribution >= 0.6 is 0 Å². The topological polar surface area (TPSA) is 83.5 Å². The second-order valence-electron chi connectivity index (χ2n) is 8.66. The van der Waals surface area contributed by atoms with E-state index >= 15 is 0 Å². The minimum Gasteiger partial charge on any atom is -0.454 e. The van der Waals surface area contributed by atoms with Crippen molar-refractivity contribution in [1.82, 2.24) is 0 Å². The van der Waals surface area contributed by atoms with E-state index in [4.69, 9.17) is 23.7 Å². The predicted molar refractivity (Wildman–Crippen MR) is 133 cm³/mol. The molecular weight excluding hydrogens is 460 g/mol. The van der Waals surface area contributed by atoms with Crippen LogP contribution in [0.25, 0.3) is 0 Å². The van der Waals surface area contributed by atoms with E-state index in [0.717, 1.165) is 16.7 Å². The molecule has 7 heteroatoms. The first kappa shape index (κ1) is 26.0. The average Bonchev–Trinajstić information content (AvgIpc) is 2.90. The highest BCUT2D eigenvalue weighted by atomic mass is 16.7. The third-order valence-electron chi connectivity index (χ3n) is 5.88. The van der Waals surface area contributed by atoms with E-state index in [1.165, 1.54) is 6.92 Å². The number of carbonyl (C=O) groups is 1. The molecule has 0 saturated carbocycles. The SMILES string of the molecule is CC(=O)OC1[C@@H](O)OC(COCc2ccccc2)[C@H](OCc2ccccc2)[C@H]1OCc1ccccc1. The molecule has 190 valence electrons. The molecule has 0 spiro atoms. The lowest BCUT2D eigenvalue weighted by Gasteiger charge is -2.44. The van der Waals surface area contributed by atoms with Crippen LogP contribution in [0.3, 0.4) is 0 Å². The van der Waals surface area contributed by atoms with Gasteiger partial charge < -0.3 is 28.8 Å². The van der Waals surface area contributed by atoms with Crippen molar-refractivity contribution in [1.29, 1.82) is 0 Å². The molecule has 3 aromatic carbocycles. The van der Waals surface area contributed by atoms with Crippen LogP contribution in [0.5, 0.6) is 0 Å². The minimum absolute atomic E-state index is 0.156. The zero-order valence-corrected chi connectivity index (χ0v) is 20.3. The molecule has 36 heavy (non-hydrogen) atoms. The van der Waals surface area contributed by atoms with Crippen molar-refractivity contribution in [3.05, 3.63) is 108 Å². The Labute approximate surface area is 211 Å². The lowest BCUT2D eigenvalue weighted by atomic mass is 9.98. The maximum Gasteiger partial charge on any atom is 0.303 e. The Bertz CT molecular complexity index is 1040. The number of ether oxygens (including phenoxy) is 5. The van der Waals surface area contributed by atoms with Gasteiger partial charge >= 0.3 is 5.97 Å². The van der Waals surface area contributed by atoms with Crippen molar-refractivity contribution in [3.8, 4) is 0 Å². The summed E-state index contributed by atoms with van der Waals surface area (Å²) in [6.45, 7) is 2.36. The Kier molecular flexibility index (Phi) is 9.61. The minimum atomic E-state index is -1.39. The van der Waals surface area contributed by atoms with Crippen LogP contribution in [-0.4, -0.2) is 48.4 Å². The van der Waals surface area contributed by atoms with Gasteiger partial charge in [0, 0.05) is 6.92 Å². The summed E-state index contributed by atoms with van der Waals surface area (Å²) in [6, 6.07) is 29.2. The zero-order valence-electron chi connectivity index (χ0n) is 20.3. The van der Waals surface area contributed by atoms with Gasteiger partial charge in [-0.05, 0) is 16.7 Å². The number of rotatable bonds is 11. The Hall–Kier alpha value is -3.07. The number of aliphatic hydroxyl groups is 1. The highest BCUT2D eigenvalue weighted by molar-refractivity contribution is 5.66. The molecule has 3 aromatic rings. The first-order chi connectivity index (χ1) is 17.6. The second kappa shape index (κ2) is 13.3. The molecule has 0 radical (unpaired) electrons. The number of hydrogen-bond donors (Lipinski definition) is 1. The Morgan fingerprint density at radius 3 is 1.69 bits per heavy atom. The fraction of sp³-hybridized carbons (Fsp3) is 0.345. The summed E-state index contributed by atoms with van der Waals surface area (Å²) in [5.41, 5.74) is 2.93. The quantitative estimate of drug-likeness (QED) is 0.405. The molecule has 4 rings (SSSR count). The fourth-order valence-electron chi connectivity index (χ4n) is 4.14. The van der Waals surface area contributed by atoms with Gasteiger partial charge in [-0.3, -0.25) is 4.79 Å². The molecule has 1 fully saturated rings. The normalized spacial score (nSPS) is 23.8. The monoisotopic (exact) mass is 492 g/mol. The van der Waals surface area contributed by atoms with Crippen LogP contribution in [0.15, 0.2) is 91.0 Å². The summed E-state index contributed by atoms with van der Waals surface area (Å²) < 4.78 is 29.8. The molecule has 5 atom stereocenters. The summed E-state index contributed by atoms with van der Waals surface area (Å²) >= 11 is 0. The highest BCUT2D eigenvalue weighted by Gasteiger charge is 2.49. The van der Waals surface area contributed by atoms with E-state index < -0.39 is 36.7 Å². The maximum atomic E-state index is 11.9. The second-order valence-corrected chi connectivity index (χ2v) is 8.66. The van der Waals surface area contributed by atoms with Crippen molar-refractivity contribution in [2.75, 3.05) is 6.61 Å². The Balaban J connectivity index is 1.53. The van der Waals surface area contributed by atoms with Gasteiger partial charge in [0.1, 0.15) is 18.3 Å². The number of carbonyl (C=O) groups excluding carboxylic acids is 1. The molecular formula is C29H32O7. The van der Waals surface area contributed by atoms with Gasteiger partial charge in [0.25, 0.3) is 0 Å². The number of benzene rings is 3. The average molecular weight is 493 g/mol. The fourth-order valence-corrected chi connectivity index (χ4v) is 4.14. The third kappa shape index (κ3) is 7.46. The van der Waals surface area contributed by atoms with E-state index in [9.17, 15) is 9.90 Å². The smallest absolute Gasteiger partial charge is 0.303 e. The summed E-state index contributed by atoms with van der Waals surface area (Å²) in [6.07, 6.45) is -4.56. The van der Waals surface area contributed by atoms with Crippen molar-refractivity contribution >= 4 is 5.97 Å². The molecule has 1 aliphatic rings. The van der Waals surface area contributed by atoms with Crippen LogP contribution in [0.4, 0.5) is 0 Å². The molecule has 1 N–H and O–H groups in total. The molecule has 0 aliphatic carbocycles.